The lowest BCUT2D eigenvalue weighted by atomic mass is 9.63. The fraction of sp³-hybridized carbons (Fsp3) is 0.727. The van der Waals surface area contributed by atoms with Gasteiger partial charge in [-0.05, 0) is 100 Å². The zero-order valence-electron chi connectivity index (χ0n) is 24.1. The first-order valence-corrected chi connectivity index (χ1v) is 16.2. The molecular formula is C33H46N4O3. The van der Waals surface area contributed by atoms with Gasteiger partial charge in [0.15, 0.2) is 5.82 Å². The summed E-state index contributed by atoms with van der Waals surface area (Å²) >= 11 is 0. The van der Waals surface area contributed by atoms with Crippen LogP contribution in [0.15, 0.2) is 29.1 Å². The van der Waals surface area contributed by atoms with Crippen LogP contribution in [0.3, 0.4) is 0 Å². The monoisotopic (exact) mass is 546 g/mol. The minimum absolute atomic E-state index is 0.108. The van der Waals surface area contributed by atoms with Crippen molar-refractivity contribution in [3.05, 3.63) is 34.6 Å². The van der Waals surface area contributed by atoms with Crippen LogP contribution in [0.25, 0.3) is 11.0 Å². The number of hydrogen-bond acceptors (Lipinski definition) is 5. The maximum atomic E-state index is 14.1. The number of carbonyl (C=O) groups is 1. The average molecular weight is 547 g/mol. The number of carboxylic acid groups (broad SMARTS) is 1. The predicted octanol–water partition coefficient (Wildman–Crippen LogP) is 5.86. The standard InChI is InChI=1S/C33H46N4O3/c1-2-6-21-13-22-15-23(16-22)17-24(14-21)20-36-25-7-5-8-26(36)19-27(18-25)37-29-10-4-3-9-28(29)34-31(32(37)38)35-12-11-30(35)33(39)40/h3-4,9-10,21-27,30H,2,5-8,11-20H2,1H3,(H,39,40). The van der Waals surface area contributed by atoms with Gasteiger partial charge >= 0.3 is 5.97 Å². The number of hydrogen-bond donors (Lipinski definition) is 1. The fourth-order valence-corrected chi connectivity index (χ4v) is 9.50. The highest BCUT2D eigenvalue weighted by Gasteiger charge is 2.43. The zero-order chi connectivity index (χ0) is 27.4. The maximum Gasteiger partial charge on any atom is 0.326 e. The van der Waals surface area contributed by atoms with E-state index in [0.29, 0.717) is 30.9 Å². The second kappa shape index (κ2) is 10.8. The van der Waals surface area contributed by atoms with E-state index in [9.17, 15) is 14.7 Å². The molecule has 0 radical (unpaired) electrons. The van der Waals surface area contributed by atoms with Crippen molar-refractivity contribution in [1.29, 1.82) is 0 Å². The number of fused-ring (bicyclic) bond motifs is 7. The maximum absolute atomic E-state index is 14.1. The molecule has 3 aliphatic heterocycles. The summed E-state index contributed by atoms with van der Waals surface area (Å²) in [6.07, 6.45) is 16.3. The number of para-hydroxylation sites is 2. The SMILES string of the molecule is CCCC1CC2CC(C2)CC(CN2C3CCCC2CC(n2c(=O)c(N4CCC4C(=O)O)nc4ccccc42)C3)C1. The van der Waals surface area contributed by atoms with Crippen LogP contribution in [0.4, 0.5) is 5.82 Å². The highest BCUT2D eigenvalue weighted by molar-refractivity contribution is 5.81. The van der Waals surface area contributed by atoms with Gasteiger partial charge in [-0.2, -0.15) is 0 Å². The van der Waals surface area contributed by atoms with Crippen LogP contribution < -0.4 is 10.5 Å². The third kappa shape index (κ3) is 4.76. The van der Waals surface area contributed by atoms with Gasteiger partial charge in [0.05, 0.1) is 11.0 Å². The fourth-order valence-electron chi connectivity index (χ4n) is 9.50. The summed E-state index contributed by atoms with van der Waals surface area (Å²) in [5.41, 5.74) is 1.57. The number of piperidine rings is 2. The van der Waals surface area contributed by atoms with E-state index in [-0.39, 0.29) is 11.6 Å². The highest BCUT2D eigenvalue weighted by Crippen LogP contribution is 2.48. The number of aromatic nitrogens is 2. The molecule has 3 saturated carbocycles. The smallest absolute Gasteiger partial charge is 0.326 e. The quantitative estimate of drug-likeness (QED) is 0.469. The number of anilines is 1. The van der Waals surface area contributed by atoms with Crippen LogP contribution >= 0.6 is 0 Å². The Bertz CT molecular complexity index is 1290. The first kappa shape index (κ1) is 26.5. The molecule has 3 saturated heterocycles. The molecule has 40 heavy (non-hydrogen) atoms. The molecule has 0 amide bonds. The Balaban J connectivity index is 1.16. The van der Waals surface area contributed by atoms with E-state index in [1.807, 2.05) is 28.8 Å². The molecule has 3 aliphatic carbocycles. The third-order valence-electron chi connectivity index (χ3n) is 11.3. The summed E-state index contributed by atoms with van der Waals surface area (Å²) in [4.78, 5) is 35.2. The van der Waals surface area contributed by atoms with Crippen molar-refractivity contribution in [2.45, 2.75) is 115 Å². The third-order valence-corrected chi connectivity index (χ3v) is 11.3. The van der Waals surface area contributed by atoms with E-state index in [1.54, 1.807) is 4.90 Å². The van der Waals surface area contributed by atoms with Gasteiger partial charge in [-0.25, -0.2) is 9.78 Å². The molecule has 1 aromatic heterocycles. The molecule has 4 heterocycles. The molecule has 5 unspecified atom stereocenters. The van der Waals surface area contributed by atoms with E-state index >= 15 is 0 Å². The number of carboxylic acids is 1. The summed E-state index contributed by atoms with van der Waals surface area (Å²) in [6, 6.07) is 8.48. The minimum Gasteiger partial charge on any atom is -0.480 e. The molecule has 1 N–H and O–H groups in total. The van der Waals surface area contributed by atoms with Gasteiger partial charge in [-0.1, -0.05) is 38.3 Å². The molecule has 6 fully saturated rings. The topological polar surface area (TPSA) is 78.7 Å². The van der Waals surface area contributed by atoms with Crippen molar-refractivity contribution in [3.8, 4) is 0 Å². The van der Waals surface area contributed by atoms with E-state index in [0.717, 1.165) is 47.5 Å². The molecule has 5 atom stereocenters. The van der Waals surface area contributed by atoms with E-state index < -0.39 is 12.0 Å². The van der Waals surface area contributed by atoms with Gasteiger partial charge in [0, 0.05) is 31.2 Å². The first-order chi connectivity index (χ1) is 19.5. The molecule has 216 valence electrons. The molecule has 7 heteroatoms. The van der Waals surface area contributed by atoms with Crippen molar-refractivity contribution >= 4 is 22.8 Å². The normalized spacial score (nSPS) is 35.9. The van der Waals surface area contributed by atoms with Gasteiger partial charge in [-0.3, -0.25) is 9.69 Å². The predicted molar refractivity (Wildman–Crippen MR) is 158 cm³/mol. The van der Waals surface area contributed by atoms with Gasteiger partial charge < -0.3 is 14.6 Å². The Hall–Kier alpha value is -2.41. The summed E-state index contributed by atoms with van der Waals surface area (Å²) in [6.45, 7) is 4.17. The summed E-state index contributed by atoms with van der Waals surface area (Å²) in [5, 5.41) is 9.67. The van der Waals surface area contributed by atoms with Gasteiger partial charge in [0.1, 0.15) is 6.04 Å². The average Bonchev–Trinajstić information content (AvgIpc) is 2.85. The summed E-state index contributed by atoms with van der Waals surface area (Å²) in [5.74, 6) is 3.15. The van der Waals surface area contributed by atoms with Crippen LogP contribution in [-0.4, -0.2) is 56.7 Å². The number of rotatable bonds is 7. The summed E-state index contributed by atoms with van der Waals surface area (Å²) in [7, 11) is 0. The Kier molecular flexibility index (Phi) is 7.13. The van der Waals surface area contributed by atoms with Crippen LogP contribution in [0, 0.1) is 23.7 Å². The molecule has 4 bridgehead atoms. The largest absolute Gasteiger partial charge is 0.480 e. The number of benzene rings is 1. The lowest BCUT2D eigenvalue weighted by Crippen LogP contribution is -2.56. The van der Waals surface area contributed by atoms with Crippen molar-refractivity contribution < 1.29 is 9.90 Å². The van der Waals surface area contributed by atoms with E-state index in [4.69, 9.17) is 4.98 Å². The second-order valence-electron chi connectivity index (χ2n) is 13.9. The zero-order valence-corrected chi connectivity index (χ0v) is 24.1. The molecule has 7 nitrogen and oxygen atoms in total. The van der Waals surface area contributed by atoms with E-state index in [2.05, 4.69) is 11.8 Å². The minimum atomic E-state index is -0.872. The highest BCUT2D eigenvalue weighted by atomic mass is 16.4. The van der Waals surface area contributed by atoms with Gasteiger partial charge in [0.25, 0.3) is 5.56 Å². The van der Waals surface area contributed by atoms with Gasteiger partial charge in [0.2, 0.25) is 0 Å². The molecule has 2 aromatic rings. The molecule has 6 aliphatic rings. The Labute approximate surface area is 237 Å². The van der Waals surface area contributed by atoms with Crippen LogP contribution in [0.1, 0.15) is 96.4 Å². The molecular weight excluding hydrogens is 500 g/mol. The molecule has 0 spiro atoms. The lowest BCUT2D eigenvalue weighted by Gasteiger charge is -2.52. The molecule has 1 aromatic carbocycles. The van der Waals surface area contributed by atoms with Gasteiger partial charge in [-0.15, -0.1) is 0 Å². The van der Waals surface area contributed by atoms with E-state index in [1.165, 1.54) is 70.8 Å². The first-order valence-electron chi connectivity index (χ1n) is 16.2. The molecule has 8 rings (SSSR count). The Morgan fingerprint density at radius 2 is 1.65 bits per heavy atom. The lowest BCUT2D eigenvalue weighted by molar-refractivity contribution is -0.140. The van der Waals surface area contributed by atoms with Crippen molar-refractivity contribution in [1.82, 2.24) is 14.5 Å². The van der Waals surface area contributed by atoms with Crippen molar-refractivity contribution in [2.75, 3.05) is 18.0 Å². The number of nitrogens with zero attached hydrogens (tertiary/aromatic N) is 4. The van der Waals surface area contributed by atoms with Crippen LogP contribution in [-0.2, 0) is 4.79 Å². The summed E-state index contributed by atoms with van der Waals surface area (Å²) < 4.78 is 2.01. The van der Waals surface area contributed by atoms with Crippen LogP contribution in [0.5, 0.6) is 0 Å². The second-order valence-corrected chi connectivity index (χ2v) is 13.9. The van der Waals surface area contributed by atoms with Crippen LogP contribution in [0.2, 0.25) is 0 Å². The Morgan fingerprint density at radius 3 is 2.33 bits per heavy atom. The van der Waals surface area contributed by atoms with Crippen molar-refractivity contribution in [3.63, 3.8) is 0 Å². The number of aliphatic carboxylic acids is 1. The van der Waals surface area contributed by atoms with Crippen molar-refractivity contribution in [2.24, 2.45) is 23.7 Å². The Morgan fingerprint density at radius 1 is 0.925 bits per heavy atom.